The Morgan fingerprint density at radius 1 is 1.05 bits per heavy atom. The quantitative estimate of drug-likeness (QED) is 0.604. The first-order valence-electron chi connectivity index (χ1n) is 5.97. The Morgan fingerprint density at radius 3 is 2.52 bits per heavy atom. The highest BCUT2D eigenvalue weighted by Crippen LogP contribution is 2.33. The van der Waals surface area contributed by atoms with E-state index >= 15 is 0 Å². The van der Waals surface area contributed by atoms with Crippen molar-refractivity contribution in [1.82, 2.24) is 9.97 Å². The molecule has 0 fully saturated rings. The molecule has 1 aromatic heterocycles. The van der Waals surface area contributed by atoms with Crippen LogP contribution >= 0.6 is 46.4 Å². The van der Waals surface area contributed by atoms with Gasteiger partial charge in [0, 0.05) is 6.07 Å². The third-order valence-electron chi connectivity index (χ3n) is 2.59. The molecule has 2 rings (SSSR count). The van der Waals surface area contributed by atoms with Gasteiger partial charge in [0.1, 0.15) is 29.5 Å². The van der Waals surface area contributed by atoms with Gasteiger partial charge in [-0.3, -0.25) is 0 Å². The summed E-state index contributed by atoms with van der Waals surface area (Å²) in [5, 5.41) is 4.73. The van der Waals surface area contributed by atoms with E-state index in [0.29, 0.717) is 50.5 Å². The summed E-state index contributed by atoms with van der Waals surface area (Å²) in [7, 11) is 0. The van der Waals surface area contributed by atoms with Crippen molar-refractivity contribution in [3.8, 4) is 5.75 Å². The average molecular weight is 367 g/mol. The van der Waals surface area contributed by atoms with Gasteiger partial charge >= 0.3 is 0 Å². The van der Waals surface area contributed by atoms with Crippen molar-refractivity contribution in [3.05, 3.63) is 44.2 Å². The number of rotatable bonds is 5. The standard InChI is InChI=1S/C13H11Cl4N3O/c1-7-12(17)13(20-6-19-7)18-2-3-21-11-5-9(15)8(14)4-10(11)16/h4-6H,2-3H2,1H3,(H,18,19,20). The Bertz CT molecular complexity index is 652. The molecule has 2 aromatic rings. The first-order valence-corrected chi connectivity index (χ1v) is 7.48. The molecule has 0 bridgehead atoms. The van der Waals surface area contributed by atoms with E-state index in [0.717, 1.165) is 0 Å². The first kappa shape index (κ1) is 16.4. The Labute approximate surface area is 142 Å². The second kappa shape index (κ2) is 7.36. The molecule has 1 heterocycles. The van der Waals surface area contributed by atoms with E-state index in [2.05, 4.69) is 15.3 Å². The number of hydrogen-bond acceptors (Lipinski definition) is 4. The molecular weight excluding hydrogens is 356 g/mol. The maximum absolute atomic E-state index is 6.07. The van der Waals surface area contributed by atoms with Gasteiger partial charge in [0.2, 0.25) is 0 Å². The van der Waals surface area contributed by atoms with Gasteiger partial charge in [-0.25, -0.2) is 9.97 Å². The van der Waals surface area contributed by atoms with E-state index in [1.807, 2.05) is 0 Å². The number of aromatic nitrogens is 2. The van der Waals surface area contributed by atoms with Crippen LogP contribution < -0.4 is 10.1 Å². The van der Waals surface area contributed by atoms with E-state index in [1.54, 1.807) is 19.1 Å². The van der Waals surface area contributed by atoms with Crippen LogP contribution in [0.25, 0.3) is 0 Å². The molecule has 0 aliphatic carbocycles. The van der Waals surface area contributed by atoms with Crippen LogP contribution in [0.4, 0.5) is 5.82 Å². The fourth-order valence-electron chi connectivity index (χ4n) is 1.53. The van der Waals surface area contributed by atoms with Crippen LogP contribution in [-0.2, 0) is 0 Å². The van der Waals surface area contributed by atoms with E-state index in [1.165, 1.54) is 6.33 Å². The number of benzene rings is 1. The minimum absolute atomic E-state index is 0.358. The summed E-state index contributed by atoms with van der Waals surface area (Å²) >= 11 is 23.8. The number of halogens is 4. The molecule has 0 atom stereocenters. The number of ether oxygens (including phenoxy) is 1. The van der Waals surface area contributed by atoms with E-state index < -0.39 is 0 Å². The van der Waals surface area contributed by atoms with Gasteiger partial charge in [-0.1, -0.05) is 46.4 Å². The molecule has 4 nitrogen and oxygen atoms in total. The van der Waals surface area contributed by atoms with Crippen molar-refractivity contribution in [1.29, 1.82) is 0 Å². The number of nitrogens with one attached hydrogen (secondary N) is 1. The number of aryl methyl sites for hydroxylation is 1. The van der Waals surface area contributed by atoms with E-state index in [4.69, 9.17) is 51.1 Å². The lowest BCUT2D eigenvalue weighted by molar-refractivity contribution is 0.333. The van der Waals surface area contributed by atoms with Crippen LogP contribution in [0, 0.1) is 6.92 Å². The van der Waals surface area contributed by atoms with Crippen LogP contribution in [0.2, 0.25) is 20.1 Å². The molecule has 8 heteroatoms. The fraction of sp³-hybridized carbons (Fsp3) is 0.231. The zero-order valence-electron chi connectivity index (χ0n) is 11.0. The fourth-order valence-corrected chi connectivity index (χ4v) is 2.28. The highest BCUT2D eigenvalue weighted by Gasteiger charge is 2.08. The molecule has 0 unspecified atom stereocenters. The summed E-state index contributed by atoms with van der Waals surface area (Å²) in [5.74, 6) is 1.03. The molecule has 21 heavy (non-hydrogen) atoms. The van der Waals surface area contributed by atoms with Crippen molar-refractivity contribution >= 4 is 52.2 Å². The minimum atomic E-state index is 0.358. The van der Waals surface area contributed by atoms with E-state index in [9.17, 15) is 0 Å². The third-order valence-corrected chi connectivity index (χ3v) is 4.06. The number of hydrogen-bond donors (Lipinski definition) is 1. The minimum Gasteiger partial charge on any atom is -0.490 e. The smallest absolute Gasteiger partial charge is 0.148 e. The number of nitrogens with zero attached hydrogens (tertiary/aromatic N) is 2. The lowest BCUT2D eigenvalue weighted by Gasteiger charge is -2.11. The van der Waals surface area contributed by atoms with Crippen LogP contribution in [0.5, 0.6) is 5.75 Å². The van der Waals surface area contributed by atoms with Gasteiger partial charge in [0.05, 0.1) is 27.3 Å². The van der Waals surface area contributed by atoms with Gasteiger partial charge in [-0.15, -0.1) is 0 Å². The summed E-state index contributed by atoms with van der Waals surface area (Å²) < 4.78 is 5.54. The molecule has 0 saturated heterocycles. The predicted molar refractivity (Wildman–Crippen MR) is 87.2 cm³/mol. The maximum atomic E-state index is 6.07. The summed E-state index contributed by atoms with van der Waals surface area (Å²) in [6.45, 7) is 2.66. The monoisotopic (exact) mass is 365 g/mol. The van der Waals surface area contributed by atoms with Crippen LogP contribution in [0.1, 0.15) is 5.69 Å². The zero-order valence-corrected chi connectivity index (χ0v) is 14.0. The Balaban J connectivity index is 1.90. The Hall–Kier alpha value is -0.940. The van der Waals surface area contributed by atoms with Crippen molar-refractivity contribution in [2.24, 2.45) is 0 Å². The highest BCUT2D eigenvalue weighted by molar-refractivity contribution is 6.43. The van der Waals surface area contributed by atoms with Crippen molar-refractivity contribution in [2.75, 3.05) is 18.5 Å². The molecule has 0 saturated carbocycles. The lowest BCUT2D eigenvalue weighted by atomic mass is 10.3. The van der Waals surface area contributed by atoms with Crippen LogP contribution in [0.15, 0.2) is 18.5 Å². The molecule has 0 spiro atoms. The number of anilines is 1. The van der Waals surface area contributed by atoms with Gasteiger partial charge < -0.3 is 10.1 Å². The van der Waals surface area contributed by atoms with Gasteiger partial charge in [-0.05, 0) is 13.0 Å². The topological polar surface area (TPSA) is 47.0 Å². The molecule has 0 aliphatic heterocycles. The molecule has 1 N–H and O–H groups in total. The van der Waals surface area contributed by atoms with Crippen molar-refractivity contribution in [3.63, 3.8) is 0 Å². The Kier molecular flexibility index (Phi) is 5.76. The molecule has 112 valence electrons. The predicted octanol–water partition coefficient (Wildman–Crippen LogP) is 4.89. The second-order valence-corrected chi connectivity index (χ2v) is 5.69. The molecular formula is C13H11Cl4N3O. The van der Waals surface area contributed by atoms with E-state index in [-0.39, 0.29) is 0 Å². The van der Waals surface area contributed by atoms with Crippen molar-refractivity contribution in [2.45, 2.75) is 6.92 Å². The Morgan fingerprint density at radius 2 is 1.76 bits per heavy atom. The lowest BCUT2D eigenvalue weighted by Crippen LogP contribution is -2.13. The van der Waals surface area contributed by atoms with Crippen LogP contribution in [0.3, 0.4) is 0 Å². The van der Waals surface area contributed by atoms with Gasteiger partial charge in [0.25, 0.3) is 0 Å². The normalized spacial score (nSPS) is 10.5. The first-order chi connectivity index (χ1) is 9.99. The molecule has 0 amide bonds. The maximum Gasteiger partial charge on any atom is 0.148 e. The molecule has 0 radical (unpaired) electrons. The van der Waals surface area contributed by atoms with Crippen molar-refractivity contribution < 1.29 is 4.74 Å². The summed E-state index contributed by atoms with van der Waals surface area (Å²) in [5.41, 5.74) is 0.711. The summed E-state index contributed by atoms with van der Waals surface area (Å²) in [6.07, 6.45) is 1.44. The second-order valence-electron chi connectivity index (χ2n) is 4.09. The zero-order chi connectivity index (χ0) is 15.4. The van der Waals surface area contributed by atoms with Gasteiger partial charge in [0.15, 0.2) is 0 Å². The SMILES string of the molecule is Cc1ncnc(NCCOc2cc(Cl)c(Cl)cc2Cl)c1Cl. The summed E-state index contributed by atoms with van der Waals surface area (Å²) in [4.78, 5) is 8.04. The van der Waals surface area contributed by atoms with Gasteiger partial charge in [-0.2, -0.15) is 0 Å². The average Bonchev–Trinajstić information content (AvgIpc) is 2.44. The molecule has 1 aromatic carbocycles. The van der Waals surface area contributed by atoms with Crippen LogP contribution in [-0.4, -0.2) is 23.1 Å². The molecule has 0 aliphatic rings. The largest absolute Gasteiger partial charge is 0.490 e. The summed E-state index contributed by atoms with van der Waals surface area (Å²) in [6, 6.07) is 3.12. The third kappa shape index (κ3) is 4.27. The highest BCUT2D eigenvalue weighted by atomic mass is 35.5.